The molecule has 7 heteroatoms. The Bertz CT molecular complexity index is 592. The Morgan fingerprint density at radius 2 is 1.92 bits per heavy atom. The molecule has 0 spiro atoms. The van der Waals surface area contributed by atoms with Crippen LogP contribution in [0.15, 0.2) is 18.2 Å². The molecule has 3 rings (SSSR count). The van der Waals surface area contributed by atoms with Crippen LogP contribution >= 0.6 is 0 Å². The lowest BCUT2D eigenvalue weighted by atomic mass is 9.94. The van der Waals surface area contributed by atoms with E-state index in [2.05, 4.69) is 15.1 Å². The number of amides is 1. The molecule has 1 atom stereocenters. The second-order valence-corrected chi connectivity index (χ2v) is 6.90. The van der Waals surface area contributed by atoms with Crippen LogP contribution < -0.4 is 5.32 Å². The highest BCUT2D eigenvalue weighted by Crippen LogP contribution is 2.27. The van der Waals surface area contributed by atoms with Gasteiger partial charge in [0.05, 0.1) is 12.1 Å². The molecule has 2 aliphatic rings. The van der Waals surface area contributed by atoms with E-state index in [4.69, 9.17) is 4.74 Å². The van der Waals surface area contributed by atoms with Gasteiger partial charge in [-0.25, -0.2) is 8.78 Å². The summed E-state index contributed by atoms with van der Waals surface area (Å²) in [6.45, 7) is 6.72. The van der Waals surface area contributed by atoms with E-state index >= 15 is 0 Å². The van der Waals surface area contributed by atoms with Gasteiger partial charge >= 0.3 is 0 Å². The maximum absolute atomic E-state index is 13.8. The molecule has 1 aromatic rings. The van der Waals surface area contributed by atoms with Crippen LogP contribution in [-0.2, 0) is 16.1 Å². The molecule has 1 amide bonds. The van der Waals surface area contributed by atoms with Crippen LogP contribution in [0.4, 0.5) is 8.78 Å². The molecule has 1 N–H and O–H groups in total. The minimum absolute atomic E-state index is 0.0417. The topological polar surface area (TPSA) is 44.8 Å². The van der Waals surface area contributed by atoms with Gasteiger partial charge in [-0.05, 0) is 18.6 Å². The SMILES string of the molecule is CC(=O)NCC1(N2CCN(Cc3c(F)cccc3F)CC2)CCOC1. The summed E-state index contributed by atoms with van der Waals surface area (Å²) in [5.74, 6) is -1.03. The molecule has 0 radical (unpaired) electrons. The van der Waals surface area contributed by atoms with Crippen molar-refractivity contribution in [2.45, 2.75) is 25.4 Å². The van der Waals surface area contributed by atoms with Crippen LogP contribution in [0.25, 0.3) is 0 Å². The Morgan fingerprint density at radius 3 is 2.48 bits per heavy atom. The molecule has 25 heavy (non-hydrogen) atoms. The normalized spacial score (nSPS) is 25.2. The third-order valence-electron chi connectivity index (χ3n) is 5.24. The first-order chi connectivity index (χ1) is 12.0. The Kier molecular flexibility index (Phi) is 5.66. The van der Waals surface area contributed by atoms with Crippen molar-refractivity contribution in [1.82, 2.24) is 15.1 Å². The van der Waals surface area contributed by atoms with E-state index < -0.39 is 11.6 Å². The maximum Gasteiger partial charge on any atom is 0.216 e. The lowest BCUT2D eigenvalue weighted by Crippen LogP contribution is -2.61. The highest BCUT2D eigenvalue weighted by molar-refractivity contribution is 5.72. The Balaban J connectivity index is 1.60. The van der Waals surface area contributed by atoms with E-state index in [9.17, 15) is 13.6 Å². The van der Waals surface area contributed by atoms with Crippen LogP contribution in [0.2, 0.25) is 0 Å². The number of carbonyl (C=O) groups is 1. The lowest BCUT2D eigenvalue weighted by Gasteiger charge is -2.45. The molecule has 138 valence electrons. The van der Waals surface area contributed by atoms with Crippen molar-refractivity contribution in [2.24, 2.45) is 0 Å². The summed E-state index contributed by atoms with van der Waals surface area (Å²) in [7, 11) is 0. The van der Waals surface area contributed by atoms with Gasteiger partial charge in [-0.3, -0.25) is 14.6 Å². The predicted octanol–water partition coefficient (Wildman–Crippen LogP) is 1.38. The maximum atomic E-state index is 13.8. The van der Waals surface area contributed by atoms with Crippen molar-refractivity contribution >= 4 is 5.91 Å². The van der Waals surface area contributed by atoms with Crippen molar-refractivity contribution in [2.75, 3.05) is 45.9 Å². The summed E-state index contributed by atoms with van der Waals surface area (Å²) in [6.07, 6.45) is 0.884. The summed E-state index contributed by atoms with van der Waals surface area (Å²) >= 11 is 0. The molecule has 2 fully saturated rings. The molecule has 1 unspecified atom stereocenters. The van der Waals surface area contributed by atoms with Crippen molar-refractivity contribution in [3.8, 4) is 0 Å². The lowest BCUT2D eigenvalue weighted by molar-refractivity contribution is -0.119. The zero-order chi connectivity index (χ0) is 17.9. The molecule has 2 heterocycles. The third kappa shape index (κ3) is 4.16. The standard InChI is InChI=1S/C18H25F2N3O2/c1-14(24)21-12-18(5-10-25-13-18)23-8-6-22(7-9-23)11-15-16(19)3-2-4-17(15)20/h2-4H,5-13H2,1H3,(H,21,24). The minimum atomic E-state index is -0.492. The fraction of sp³-hybridized carbons (Fsp3) is 0.611. The van der Waals surface area contributed by atoms with Crippen LogP contribution in [0.3, 0.4) is 0 Å². The van der Waals surface area contributed by atoms with Gasteiger partial charge in [0.15, 0.2) is 0 Å². The largest absolute Gasteiger partial charge is 0.379 e. The smallest absolute Gasteiger partial charge is 0.216 e. The Labute approximate surface area is 146 Å². The Hall–Kier alpha value is -1.57. The highest BCUT2D eigenvalue weighted by Gasteiger charge is 2.41. The number of hydrogen-bond acceptors (Lipinski definition) is 4. The monoisotopic (exact) mass is 353 g/mol. The molecule has 0 bridgehead atoms. The number of nitrogens with zero attached hydrogens (tertiary/aromatic N) is 2. The van der Waals surface area contributed by atoms with Crippen molar-refractivity contribution in [1.29, 1.82) is 0 Å². The third-order valence-corrected chi connectivity index (χ3v) is 5.24. The Morgan fingerprint density at radius 1 is 1.24 bits per heavy atom. The molecule has 5 nitrogen and oxygen atoms in total. The van der Waals surface area contributed by atoms with E-state index in [0.717, 1.165) is 32.6 Å². The second-order valence-electron chi connectivity index (χ2n) is 6.90. The number of carbonyl (C=O) groups excluding carboxylic acids is 1. The number of hydrogen-bond donors (Lipinski definition) is 1. The summed E-state index contributed by atoms with van der Waals surface area (Å²) in [6, 6.07) is 3.98. The molecule has 0 saturated carbocycles. The average Bonchev–Trinajstić information content (AvgIpc) is 3.07. The van der Waals surface area contributed by atoms with Crippen molar-refractivity contribution in [3.05, 3.63) is 35.4 Å². The molecular weight excluding hydrogens is 328 g/mol. The van der Waals surface area contributed by atoms with E-state index in [1.165, 1.54) is 25.1 Å². The van der Waals surface area contributed by atoms with Crippen molar-refractivity contribution < 1.29 is 18.3 Å². The molecule has 0 aromatic heterocycles. The molecule has 1 aromatic carbocycles. The molecule has 2 aliphatic heterocycles. The van der Waals surface area contributed by atoms with E-state index in [-0.39, 0.29) is 23.6 Å². The van der Waals surface area contributed by atoms with Gasteiger partial charge in [-0.1, -0.05) is 6.07 Å². The predicted molar refractivity (Wildman–Crippen MR) is 90.1 cm³/mol. The number of rotatable bonds is 5. The van der Waals surface area contributed by atoms with Gasteiger partial charge in [0, 0.05) is 58.4 Å². The number of benzene rings is 1. The summed E-state index contributed by atoms with van der Waals surface area (Å²) in [5.41, 5.74) is -0.0332. The molecule has 0 aliphatic carbocycles. The van der Waals surface area contributed by atoms with Gasteiger partial charge in [0.1, 0.15) is 11.6 Å². The van der Waals surface area contributed by atoms with Gasteiger partial charge < -0.3 is 10.1 Å². The van der Waals surface area contributed by atoms with Crippen LogP contribution in [-0.4, -0.2) is 67.2 Å². The zero-order valence-electron chi connectivity index (χ0n) is 14.6. The van der Waals surface area contributed by atoms with E-state index in [0.29, 0.717) is 19.8 Å². The first kappa shape index (κ1) is 18.2. The second kappa shape index (κ2) is 7.76. The van der Waals surface area contributed by atoms with Gasteiger partial charge in [-0.15, -0.1) is 0 Å². The number of halogens is 2. The van der Waals surface area contributed by atoms with E-state index in [1.54, 1.807) is 0 Å². The fourth-order valence-corrected chi connectivity index (χ4v) is 3.67. The van der Waals surface area contributed by atoms with Gasteiger partial charge in [0.25, 0.3) is 0 Å². The zero-order valence-corrected chi connectivity index (χ0v) is 14.6. The van der Waals surface area contributed by atoms with Gasteiger partial charge in [-0.2, -0.15) is 0 Å². The minimum Gasteiger partial charge on any atom is -0.379 e. The van der Waals surface area contributed by atoms with Crippen LogP contribution in [0.1, 0.15) is 18.9 Å². The first-order valence-corrected chi connectivity index (χ1v) is 8.73. The first-order valence-electron chi connectivity index (χ1n) is 8.73. The number of piperazine rings is 1. The highest BCUT2D eigenvalue weighted by atomic mass is 19.1. The number of nitrogens with one attached hydrogen (secondary N) is 1. The number of ether oxygens (including phenoxy) is 1. The van der Waals surface area contributed by atoms with E-state index in [1.807, 2.05) is 0 Å². The van der Waals surface area contributed by atoms with Crippen LogP contribution in [0.5, 0.6) is 0 Å². The van der Waals surface area contributed by atoms with Crippen molar-refractivity contribution in [3.63, 3.8) is 0 Å². The van der Waals surface area contributed by atoms with Crippen LogP contribution in [0, 0.1) is 11.6 Å². The summed E-state index contributed by atoms with van der Waals surface area (Å²) in [5, 5.41) is 2.92. The molecular formula is C18H25F2N3O2. The van der Waals surface area contributed by atoms with Gasteiger partial charge in [0.2, 0.25) is 5.91 Å². The fourth-order valence-electron chi connectivity index (χ4n) is 3.67. The average molecular weight is 353 g/mol. The quantitative estimate of drug-likeness (QED) is 0.869. The molecule has 2 saturated heterocycles. The summed E-state index contributed by atoms with van der Waals surface area (Å²) in [4.78, 5) is 15.7. The summed E-state index contributed by atoms with van der Waals surface area (Å²) < 4.78 is 33.3.